The molecule has 0 unspecified atom stereocenters. The summed E-state index contributed by atoms with van der Waals surface area (Å²) in [4.78, 5) is 10.9. The molecule has 0 heterocycles. The minimum absolute atomic E-state index is 0.180. The number of halogens is 3. The predicted molar refractivity (Wildman–Crippen MR) is 78.0 cm³/mol. The minimum Gasteiger partial charge on any atom is -0.487 e. The van der Waals surface area contributed by atoms with Crippen molar-refractivity contribution in [2.24, 2.45) is 0 Å². The van der Waals surface area contributed by atoms with E-state index in [9.17, 15) is 9.18 Å². The van der Waals surface area contributed by atoms with Crippen LogP contribution in [0.2, 0.25) is 0 Å². The van der Waals surface area contributed by atoms with E-state index in [1.807, 2.05) is 0 Å². The molecule has 19 heavy (non-hydrogen) atoms. The minimum atomic E-state index is -0.337. The monoisotopic (exact) mass is 386 g/mol. The summed E-state index contributed by atoms with van der Waals surface area (Å²) in [7, 11) is 0. The van der Waals surface area contributed by atoms with Gasteiger partial charge < -0.3 is 4.74 Å². The van der Waals surface area contributed by atoms with Crippen molar-refractivity contribution >= 4 is 38.1 Å². The molecule has 0 bridgehead atoms. The molecule has 0 saturated carbocycles. The highest BCUT2D eigenvalue weighted by molar-refractivity contribution is 9.10. The van der Waals surface area contributed by atoms with Crippen molar-refractivity contribution < 1.29 is 13.9 Å². The number of hydrogen-bond acceptors (Lipinski definition) is 2. The van der Waals surface area contributed by atoms with Gasteiger partial charge in [-0.25, -0.2) is 4.39 Å². The molecule has 5 heteroatoms. The molecular weight excluding hydrogens is 379 g/mol. The highest BCUT2D eigenvalue weighted by Gasteiger charge is 2.08. The van der Waals surface area contributed by atoms with E-state index in [1.165, 1.54) is 12.1 Å². The van der Waals surface area contributed by atoms with Crippen LogP contribution in [0.15, 0.2) is 45.3 Å². The predicted octanol–water partition coefficient (Wildman–Crippen LogP) is 4.74. The Morgan fingerprint density at radius 1 is 1.21 bits per heavy atom. The summed E-state index contributed by atoms with van der Waals surface area (Å²) < 4.78 is 20.2. The van der Waals surface area contributed by atoms with Gasteiger partial charge in [0.2, 0.25) is 0 Å². The lowest BCUT2D eigenvalue weighted by molar-refractivity contribution is 0.111. The third kappa shape index (κ3) is 3.64. The number of ether oxygens (including phenoxy) is 1. The standard InChI is InChI=1S/C14H9Br2FO2/c15-11-4-9(5-12(17)6-11)8-19-14-10(7-18)2-1-3-13(14)16/h1-7H,8H2. The first-order valence-electron chi connectivity index (χ1n) is 5.41. The van der Waals surface area contributed by atoms with E-state index in [1.54, 1.807) is 24.3 Å². The maximum atomic E-state index is 13.2. The third-order valence-corrected chi connectivity index (χ3v) is 3.51. The first kappa shape index (κ1) is 14.2. The third-order valence-electron chi connectivity index (χ3n) is 2.43. The molecule has 2 nitrogen and oxygen atoms in total. The van der Waals surface area contributed by atoms with Crippen LogP contribution in [0.3, 0.4) is 0 Å². The number of rotatable bonds is 4. The molecule has 0 atom stereocenters. The van der Waals surface area contributed by atoms with Gasteiger partial charge in [0.15, 0.2) is 6.29 Å². The zero-order valence-electron chi connectivity index (χ0n) is 9.70. The molecule has 0 N–H and O–H groups in total. The Morgan fingerprint density at radius 2 is 2.00 bits per heavy atom. The van der Waals surface area contributed by atoms with Crippen LogP contribution in [-0.2, 0) is 6.61 Å². The van der Waals surface area contributed by atoms with Crippen molar-refractivity contribution in [3.05, 3.63) is 62.3 Å². The van der Waals surface area contributed by atoms with Crippen LogP contribution in [0.1, 0.15) is 15.9 Å². The molecule has 0 aromatic heterocycles. The molecule has 0 fully saturated rings. The average molecular weight is 388 g/mol. The number of para-hydroxylation sites is 1. The van der Waals surface area contributed by atoms with Crippen molar-refractivity contribution in [2.45, 2.75) is 6.61 Å². The molecule has 0 aliphatic heterocycles. The maximum absolute atomic E-state index is 13.2. The van der Waals surface area contributed by atoms with E-state index < -0.39 is 0 Å². The lowest BCUT2D eigenvalue weighted by atomic mass is 10.2. The fourth-order valence-corrected chi connectivity index (χ4v) is 2.63. The van der Waals surface area contributed by atoms with Gasteiger partial charge in [0.05, 0.1) is 10.0 Å². The van der Waals surface area contributed by atoms with Crippen LogP contribution in [0, 0.1) is 5.82 Å². The van der Waals surface area contributed by atoms with Gasteiger partial charge in [-0.2, -0.15) is 0 Å². The number of hydrogen-bond donors (Lipinski definition) is 0. The number of carbonyl (C=O) groups excluding carboxylic acids is 1. The van der Waals surface area contributed by atoms with Crippen LogP contribution < -0.4 is 4.74 Å². The molecule has 2 aromatic carbocycles. The first-order valence-corrected chi connectivity index (χ1v) is 7.00. The van der Waals surface area contributed by atoms with E-state index >= 15 is 0 Å². The van der Waals surface area contributed by atoms with E-state index in [0.717, 1.165) is 6.29 Å². The smallest absolute Gasteiger partial charge is 0.153 e. The number of aldehydes is 1. The molecule has 0 spiro atoms. The second-order valence-corrected chi connectivity index (χ2v) is 5.61. The van der Waals surface area contributed by atoms with Crippen molar-refractivity contribution in [3.63, 3.8) is 0 Å². The number of benzene rings is 2. The summed E-state index contributed by atoms with van der Waals surface area (Å²) in [5.41, 5.74) is 1.13. The SMILES string of the molecule is O=Cc1cccc(Br)c1OCc1cc(F)cc(Br)c1. The molecule has 0 amide bonds. The normalized spacial score (nSPS) is 10.3. The van der Waals surface area contributed by atoms with Crippen molar-refractivity contribution in [1.29, 1.82) is 0 Å². The van der Waals surface area contributed by atoms with Crippen LogP contribution in [0.5, 0.6) is 5.75 Å². The molecule has 2 aromatic rings. The van der Waals surface area contributed by atoms with Gasteiger partial charge in [0.25, 0.3) is 0 Å². The van der Waals surface area contributed by atoms with Crippen LogP contribution in [0.4, 0.5) is 4.39 Å². The van der Waals surface area contributed by atoms with Crippen molar-refractivity contribution in [3.8, 4) is 5.75 Å². The molecular formula is C14H9Br2FO2. The highest BCUT2D eigenvalue weighted by Crippen LogP contribution is 2.29. The summed E-state index contributed by atoms with van der Waals surface area (Å²) >= 11 is 6.54. The van der Waals surface area contributed by atoms with Crippen LogP contribution >= 0.6 is 31.9 Å². The fraction of sp³-hybridized carbons (Fsp3) is 0.0714. The van der Waals surface area contributed by atoms with Gasteiger partial charge in [0, 0.05) is 4.47 Å². The van der Waals surface area contributed by atoms with E-state index in [4.69, 9.17) is 4.74 Å². The molecule has 2 rings (SSSR count). The van der Waals surface area contributed by atoms with E-state index in [0.29, 0.717) is 25.8 Å². The van der Waals surface area contributed by atoms with Gasteiger partial charge in [-0.15, -0.1) is 0 Å². The van der Waals surface area contributed by atoms with Crippen molar-refractivity contribution in [1.82, 2.24) is 0 Å². The summed E-state index contributed by atoms with van der Waals surface area (Å²) in [5.74, 6) is 0.119. The lowest BCUT2D eigenvalue weighted by Gasteiger charge is -2.10. The van der Waals surface area contributed by atoms with Gasteiger partial charge in [-0.1, -0.05) is 22.0 Å². The summed E-state index contributed by atoms with van der Waals surface area (Å²) in [6.07, 6.45) is 0.724. The summed E-state index contributed by atoms with van der Waals surface area (Å²) in [6, 6.07) is 9.72. The van der Waals surface area contributed by atoms with E-state index in [2.05, 4.69) is 31.9 Å². The summed E-state index contributed by atoms with van der Waals surface area (Å²) in [5, 5.41) is 0. The summed E-state index contributed by atoms with van der Waals surface area (Å²) in [6.45, 7) is 0.180. The zero-order chi connectivity index (χ0) is 13.8. The fourth-order valence-electron chi connectivity index (χ4n) is 1.62. The van der Waals surface area contributed by atoms with Gasteiger partial charge in [0.1, 0.15) is 18.2 Å². The highest BCUT2D eigenvalue weighted by atomic mass is 79.9. The van der Waals surface area contributed by atoms with Crippen LogP contribution in [-0.4, -0.2) is 6.29 Å². The first-order chi connectivity index (χ1) is 9.10. The van der Waals surface area contributed by atoms with Crippen molar-refractivity contribution in [2.75, 3.05) is 0 Å². The molecule has 0 aliphatic carbocycles. The molecule has 0 aliphatic rings. The molecule has 0 radical (unpaired) electrons. The van der Waals surface area contributed by atoms with E-state index in [-0.39, 0.29) is 12.4 Å². The number of carbonyl (C=O) groups is 1. The molecule has 98 valence electrons. The largest absolute Gasteiger partial charge is 0.487 e. The van der Waals surface area contributed by atoms with Gasteiger partial charge in [-0.05, 0) is 51.8 Å². The Labute approximate surface area is 126 Å². The Hall–Kier alpha value is -1.20. The quantitative estimate of drug-likeness (QED) is 0.708. The maximum Gasteiger partial charge on any atom is 0.153 e. The molecule has 0 saturated heterocycles. The Balaban J connectivity index is 2.21. The average Bonchev–Trinajstić information content (AvgIpc) is 2.36. The zero-order valence-corrected chi connectivity index (χ0v) is 12.9. The second kappa shape index (κ2) is 6.30. The topological polar surface area (TPSA) is 26.3 Å². The Morgan fingerprint density at radius 3 is 2.68 bits per heavy atom. The van der Waals surface area contributed by atoms with Crippen LogP contribution in [0.25, 0.3) is 0 Å². The van der Waals surface area contributed by atoms with Gasteiger partial charge >= 0.3 is 0 Å². The Kier molecular flexibility index (Phi) is 4.71. The second-order valence-electron chi connectivity index (χ2n) is 3.84. The van der Waals surface area contributed by atoms with Gasteiger partial charge in [-0.3, -0.25) is 4.79 Å². The lowest BCUT2D eigenvalue weighted by Crippen LogP contribution is -1.99. The Bertz CT molecular complexity index is 594.